The van der Waals surface area contributed by atoms with Gasteiger partial charge >= 0.3 is 0 Å². The van der Waals surface area contributed by atoms with E-state index in [1.165, 1.54) is 16.7 Å². The quantitative estimate of drug-likeness (QED) is 0.649. The maximum Gasteiger partial charge on any atom is 0.119 e. The predicted molar refractivity (Wildman–Crippen MR) is 107 cm³/mol. The summed E-state index contributed by atoms with van der Waals surface area (Å²) in [5, 5.41) is 0. The van der Waals surface area contributed by atoms with E-state index in [1.807, 2.05) is 0 Å². The van der Waals surface area contributed by atoms with Crippen molar-refractivity contribution < 1.29 is 4.74 Å². The summed E-state index contributed by atoms with van der Waals surface area (Å²) in [7, 11) is 0. The minimum absolute atomic E-state index is 0.185. The minimum atomic E-state index is 0.185. The third-order valence-electron chi connectivity index (χ3n) is 4.70. The molecule has 0 radical (unpaired) electrons. The molecule has 0 fully saturated rings. The van der Waals surface area contributed by atoms with E-state index in [0.29, 0.717) is 12.5 Å². The van der Waals surface area contributed by atoms with Crippen molar-refractivity contribution >= 4 is 0 Å². The fourth-order valence-electron chi connectivity index (χ4n) is 2.93. The molecule has 0 amide bonds. The van der Waals surface area contributed by atoms with Crippen LogP contribution in [-0.2, 0) is 11.8 Å². The molecule has 2 N–H and O–H groups in total. The van der Waals surface area contributed by atoms with Gasteiger partial charge in [-0.3, -0.25) is 0 Å². The number of ether oxygens (including phenoxy) is 1. The minimum Gasteiger partial charge on any atom is -0.494 e. The van der Waals surface area contributed by atoms with Crippen molar-refractivity contribution in [1.29, 1.82) is 0 Å². The first-order valence-corrected chi connectivity index (χ1v) is 9.46. The molecule has 0 aromatic heterocycles. The fourth-order valence-corrected chi connectivity index (χ4v) is 2.93. The highest BCUT2D eigenvalue weighted by Crippen LogP contribution is 2.26. The summed E-state index contributed by atoms with van der Waals surface area (Å²) in [5.41, 5.74) is 10.2. The van der Waals surface area contributed by atoms with Crippen LogP contribution in [0.3, 0.4) is 0 Å². The van der Waals surface area contributed by atoms with E-state index in [0.717, 1.165) is 31.6 Å². The molecule has 1 atom stereocenters. The Morgan fingerprint density at radius 2 is 1.60 bits per heavy atom. The van der Waals surface area contributed by atoms with E-state index in [4.69, 9.17) is 10.5 Å². The molecule has 1 unspecified atom stereocenters. The van der Waals surface area contributed by atoms with Gasteiger partial charge in [-0.1, -0.05) is 70.5 Å². The van der Waals surface area contributed by atoms with Crippen LogP contribution in [0, 0.1) is 0 Å². The Kier molecular flexibility index (Phi) is 7.07. The summed E-state index contributed by atoms with van der Waals surface area (Å²) in [6, 6.07) is 17.4. The van der Waals surface area contributed by atoms with Crippen LogP contribution in [0.1, 0.15) is 63.1 Å². The smallest absolute Gasteiger partial charge is 0.119 e. The Morgan fingerprint density at radius 1 is 0.960 bits per heavy atom. The second-order valence-corrected chi connectivity index (χ2v) is 7.85. The summed E-state index contributed by atoms with van der Waals surface area (Å²) in [4.78, 5) is 0. The summed E-state index contributed by atoms with van der Waals surface area (Å²) in [5.74, 6) is 1.30. The van der Waals surface area contributed by atoms with E-state index in [1.54, 1.807) is 0 Å². The molecule has 0 saturated heterocycles. The first kappa shape index (κ1) is 19.5. The number of benzene rings is 2. The number of unbranched alkanes of at least 4 members (excludes halogenated alkanes) is 1. The van der Waals surface area contributed by atoms with Crippen LogP contribution >= 0.6 is 0 Å². The molecule has 2 nitrogen and oxygen atoms in total. The fraction of sp³-hybridized carbons (Fsp3) is 0.478. The molecular weight excluding hydrogens is 306 g/mol. The maximum atomic E-state index is 6.06. The third-order valence-corrected chi connectivity index (χ3v) is 4.70. The van der Waals surface area contributed by atoms with Gasteiger partial charge in [0.15, 0.2) is 0 Å². The summed E-state index contributed by atoms with van der Waals surface area (Å²) in [6.07, 6.45) is 3.21. The largest absolute Gasteiger partial charge is 0.494 e. The summed E-state index contributed by atoms with van der Waals surface area (Å²) >= 11 is 0. The molecule has 0 spiro atoms. The molecule has 2 aromatic carbocycles. The molecule has 0 saturated carbocycles. The number of hydrogen-bond donors (Lipinski definition) is 1. The van der Waals surface area contributed by atoms with Crippen LogP contribution in [0.4, 0.5) is 0 Å². The van der Waals surface area contributed by atoms with Crippen LogP contribution < -0.4 is 10.5 Å². The zero-order valence-corrected chi connectivity index (χ0v) is 16.2. The van der Waals surface area contributed by atoms with Gasteiger partial charge in [0.05, 0.1) is 6.61 Å². The first-order chi connectivity index (χ1) is 11.9. The molecule has 136 valence electrons. The van der Waals surface area contributed by atoms with Crippen LogP contribution in [0.15, 0.2) is 48.5 Å². The Labute approximate surface area is 153 Å². The molecule has 2 aromatic rings. The normalized spacial score (nSPS) is 12.8. The molecule has 0 heterocycles. The van der Waals surface area contributed by atoms with Gasteiger partial charge in [-0.2, -0.15) is 0 Å². The molecule has 2 heteroatoms. The number of nitrogens with two attached hydrogens (primary N) is 1. The Bertz CT molecular complexity index is 623. The van der Waals surface area contributed by atoms with Gasteiger partial charge in [-0.25, -0.2) is 0 Å². The Morgan fingerprint density at radius 3 is 2.12 bits per heavy atom. The van der Waals surface area contributed by atoms with Crippen LogP contribution in [0.5, 0.6) is 5.75 Å². The Hall–Kier alpha value is -1.80. The van der Waals surface area contributed by atoms with Crippen molar-refractivity contribution in [2.24, 2.45) is 5.73 Å². The van der Waals surface area contributed by atoms with E-state index in [2.05, 4.69) is 76.2 Å². The molecular formula is C23H33NO. The van der Waals surface area contributed by atoms with Gasteiger partial charge in [0.25, 0.3) is 0 Å². The van der Waals surface area contributed by atoms with Crippen molar-refractivity contribution in [3.05, 3.63) is 65.2 Å². The lowest BCUT2D eigenvalue weighted by atomic mass is 9.84. The van der Waals surface area contributed by atoms with Crippen molar-refractivity contribution in [1.82, 2.24) is 0 Å². The molecule has 0 aliphatic heterocycles. The Balaban J connectivity index is 2.01. The third kappa shape index (κ3) is 5.89. The molecule has 25 heavy (non-hydrogen) atoms. The van der Waals surface area contributed by atoms with Crippen molar-refractivity contribution in [2.75, 3.05) is 13.2 Å². The first-order valence-electron chi connectivity index (χ1n) is 9.46. The van der Waals surface area contributed by atoms with Gasteiger partial charge in [0, 0.05) is 5.92 Å². The van der Waals surface area contributed by atoms with E-state index >= 15 is 0 Å². The molecule has 2 rings (SSSR count). The van der Waals surface area contributed by atoms with Gasteiger partial charge in [-0.15, -0.1) is 0 Å². The van der Waals surface area contributed by atoms with Gasteiger partial charge < -0.3 is 10.5 Å². The zero-order chi connectivity index (χ0) is 18.3. The van der Waals surface area contributed by atoms with Crippen LogP contribution in [0.2, 0.25) is 0 Å². The highest BCUT2D eigenvalue weighted by atomic mass is 16.5. The van der Waals surface area contributed by atoms with Crippen molar-refractivity contribution in [3.63, 3.8) is 0 Å². The predicted octanol–water partition coefficient (Wildman–Crippen LogP) is 5.45. The average Bonchev–Trinajstić information content (AvgIpc) is 2.60. The summed E-state index contributed by atoms with van der Waals surface area (Å²) < 4.78 is 5.74. The highest BCUT2D eigenvalue weighted by molar-refractivity contribution is 5.32. The van der Waals surface area contributed by atoms with E-state index in [-0.39, 0.29) is 5.41 Å². The van der Waals surface area contributed by atoms with E-state index < -0.39 is 0 Å². The maximum absolute atomic E-state index is 6.06. The lowest BCUT2D eigenvalue weighted by Gasteiger charge is -2.21. The topological polar surface area (TPSA) is 35.2 Å². The molecule has 0 aliphatic carbocycles. The highest BCUT2D eigenvalue weighted by Gasteiger charge is 2.15. The van der Waals surface area contributed by atoms with E-state index in [9.17, 15) is 0 Å². The second-order valence-electron chi connectivity index (χ2n) is 7.85. The second kappa shape index (κ2) is 9.05. The lowest BCUT2D eigenvalue weighted by molar-refractivity contribution is 0.309. The average molecular weight is 340 g/mol. The van der Waals surface area contributed by atoms with Crippen LogP contribution in [-0.4, -0.2) is 13.2 Å². The van der Waals surface area contributed by atoms with Crippen molar-refractivity contribution in [3.8, 4) is 5.75 Å². The molecule has 0 aliphatic rings. The summed E-state index contributed by atoms with van der Waals surface area (Å²) in [6.45, 7) is 10.4. The van der Waals surface area contributed by atoms with Gasteiger partial charge in [0.2, 0.25) is 0 Å². The van der Waals surface area contributed by atoms with Gasteiger partial charge in [-0.05, 0) is 53.6 Å². The number of rotatable bonds is 8. The zero-order valence-electron chi connectivity index (χ0n) is 16.2. The van der Waals surface area contributed by atoms with Gasteiger partial charge in [0.1, 0.15) is 5.75 Å². The van der Waals surface area contributed by atoms with Crippen molar-refractivity contribution in [2.45, 2.75) is 58.3 Å². The standard InChI is InChI=1S/C23H33NO/c1-5-6-15-25-22-13-7-18(8-14-22)16-20(17-24)19-9-11-21(12-10-19)23(2,3)4/h7-14,20H,5-6,15-17,24H2,1-4H3. The lowest BCUT2D eigenvalue weighted by Crippen LogP contribution is -2.16. The molecule has 0 bridgehead atoms. The number of hydrogen-bond acceptors (Lipinski definition) is 2. The SMILES string of the molecule is CCCCOc1ccc(CC(CN)c2ccc(C(C)(C)C)cc2)cc1. The monoisotopic (exact) mass is 339 g/mol. The van der Waals surface area contributed by atoms with Crippen LogP contribution in [0.25, 0.3) is 0 Å².